The van der Waals surface area contributed by atoms with Crippen LogP contribution in [0.3, 0.4) is 0 Å². The van der Waals surface area contributed by atoms with Crippen LogP contribution in [-0.4, -0.2) is 29.7 Å². The molecule has 3 heteroatoms. The number of nitrogens with zero attached hydrogens (tertiary/aromatic N) is 1. The lowest BCUT2D eigenvalue weighted by atomic mass is 9.87. The van der Waals surface area contributed by atoms with Gasteiger partial charge in [0.25, 0.3) is 5.91 Å². The van der Waals surface area contributed by atoms with Crippen LogP contribution < -0.4 is 0 Å². The molecule has 0 N–H and O–H groups in total. The van der Waals surface area contributed by atoms with E-state index in [0.29, 0.717) is 18.7 Å². The van der Waals surface area contributed by atoms with Crippen molar-refractivity contribution < 1.29 is 9.59 Å². The highest BCUT2D eigenvalue weighted by molar-refractivity contribution is 6.09. The Bertz CT molecular complexity index is 1000. The van der Waals surface area contributed by atoms with Crippen LogP contribution in [0.15, 0.2) is 66.7 Å². The number of carbonyl (C=O) groups is 2. The molecule has 1 unspecified atom stereocenters. The van der Waals surface area contributed by atoms with Gasteiger partial charge in [-0.05, 0) is 42.7 Å². The minimum Gasteiger partial charge on any atom is -0.338 e. The molecule has 1 aliphatic heterocycles. The normalized spacial score (nSPS) is 17.1. The van der Waals surface area contributed by atoms with Gasteiger partial charge in [0.2, 0.25) is 0 Å². The lowest BCUT2D eigenvalue weighted by molar-refractivity contribution is 0.0637. The van der Waals surface area contributed by atoms with Crippen LogP contribution in [0, 0.1) is 12.8 Å². The predicted molar refractivity (Wildman–Crippen MR) is 108 cm³/mol. The molecule has 1 atom stereocenters. The fourth-order valence-corrected chi connectivity index (χ4v) is 4.00. The largest absolute Gasteiger partial charge is 0.338 e. The molecule has 27 heavy (non-hydrogen) atoms. The van der Waals surface area contributed by atoms with Crippen LogP contribution in [0.25, 0.3) is 10.8 Å². The Hall–Kier alpha value is -2.94. The molecule has 3 aromatic rings. The summed E-state index contributed by atoms with van der Waals surface area (Å²) in [5.74, 6) is 0.0287. The molecule has 3 nitrogen and oxygen atoms in total. The van der Waals surface area contributed by atoms with Gasteiger partial charge in [0.05, 0.1) is 0 Å². The maximum absolute atomic E-state index is 13.2. The Kier molecular flexibility index (Phi) is 4.76. The second kappa shape index (κ2) is 7.36. The monoisotopic (exact) mass is 357 g/mol. The van der Waals surface area contributed by atoms with Gasteiger partial charge < -0.3 is 4.90 Å². The quantitative estimate of drug-likeness (QED) is 0.626. The third-order valence-corrected chi connectivity index (χ3v) is 5.40. The molecule has 0 aliphatic carbocycles. The zero-order valence-corrected chi connectivity index (χ0v) is 15.5. The number of likely N-dealkylation sites (tertiary alicyclic amines) is 1. The lowest BCUT2D eigenvalue weighted by Crippen LogP contribution is -2.42. The van der Waals surface area contributed by atoms with Crippen molar-refractivity contribution in [2.45, 2.75) is 19.8 Å². The van der Waals surface area contributed by atoms with E-state index in [2.05, 4.69) is 0 Å². The molecule has 0 saturated carbocycles. The van der Waals surface area contributed by atoms with Gasteiger partial charge in [-0.1, -0.05) is 60.2 Å². The Balaban J connectivity index is 1.57. The second-order valence-electron chi connectivity index (χ2n) is 7.35. The summed E-state index contributed by atoms with van der Waals surface area (Å²) in [6, 6.07) is 21.5. The van der Waals surface area contributed by atoms with Gasteiger partial charge in [0, 0.05) is 30.1 Å². The van der Waals surface area contributed by atoms with Crippen molar-refractivity contribution in [1.29, 1.82) is 0 Å². The number of fused-ring (bicyclic) bond motifs is 1. The summed E-state index contributed by atoms with van der Waals surface area (Å²) >= 11 is 0. The van der Waals surface area contributed by atoms with Gasteiger partial charge in [0.1, 0.15) is 0 Å². The van der Waals surface area contributed by atoms with Crippen molar-refractivity contribution in [3.8, 4) is 0 Å². The molecule has 4 rings (SSSR count). The van der Waals surface area contributed by atoms with E-state index in [0.717, 1.165) is 34.7 Å². The summed E-state index contributed by atoms with van der Waals surface area (Å²) in [6.45, 7) is 3.20. The van der Waals surface area contributed by atoms with Crippen LogP contribution in [0.2, 0.25) is 0 Å². The Labute approximate surface area is 159 Å². The van der Waals surface area contributed by atoms with Gasteiger partial charge in [-0.3, -0.25) is 9.59 Å². The van der Waals surface area contributed by atoms with E-state index in [4.69, 9.17) is 0 Å². The summed E-state index contributed by atoms with van der Waals surface area (Å²) in [5.41, 5.74) is 2.54. The molecule has 1 aliphatic rings. The van der Waals surface area contributed by atoms with Crippen molar-refractivity contribution in [2.24, 2.45) is 5.92 Å². The van der Waals surface area contributed by atoms with E-state index < -0.39 is 0 Å². The maximum atomic E-state index is 13.2. The van der Waals surface area contributed by atoms with Crippen molar-refractivity contribution in [3.05, 3.63) is 83.4 Å². The van der Waals surface area contributed by atoms with Gasteiger partial charge in [-0.2, -0.15) is 0 Å². The number of rotatable bonds is 3. The molecular formula is C24H23NO2. The summed E-state index contributed by atoms with van der Waals surface area (Å²) in [5, 5.41) is 2.07. The number of piperidine rings is 1. The first kappa shape index (κ1) is 17.5. The first-order chi connectivity index (χ1) is 13.1. The molecule has 0 radical (unpaired) electrons. The van der Waals surface area contributed by atoms with Gasteiger partial charge in [0.15, 0.2) is 5.78 Å². The maximum Gasteiger partial charge on any atom is 0.253 e. The van der Waals surface area contributed by atoms with Crippen LogP contribution in [0.1, 0.15) is 39.1 Å². The lowest BCUT2D eigenvalue weighted by Gasteiger charge is -2.32. The number of ketones is 1. The fraction of sp³-hybridized carbons (Fsp3) is 0.250. The Morgan fingerprint density at radius 2 is 1.74 bits per heavy atom. The van der Waals surface area contributed by atoms with Crippen molar-refractivity contribution >= 4 is 22.5 Å². The molecule has 3 aromatic carbocycles. The highest BCUT2D eigenvalue weighted by atomic mass is 16.2. The smallest absolute Gasteiger partial charge is 0.253 e. The topological polar surface area (TPSA) is 37.4 Å². The number of hydrogen-bond acceptors (Lipinski definition) is 2. The average Bonchev–Trinajstić information content (AvgIpc) is 2.72. The molecule has 0 aromatic heterocycles. The van der Waals surface area contributed by atoms with Crippen LogP contribution in [-0.2, 0) is 0 Å². The Morgan fingerprint density at radius 3 is 2.59 bits per heavy atom. The molecule has 1 fully saturated rings. The van der Waals surface area contributed by atoms with E-state index >= 15 is 0 Å². The highest BCUT2D eigenvalue weighted by Gasteiger charge is 2.30. The van der Waals surface area contributed by atoms with Crippen LogP contribution in [0.4, 0.5) is 0 Å². The first-order valence-corrected chi connectivity index (χ1v) is 9.51. The van der Waals surface area contributed by atoms with Crippen LogP contribution >= 0.6 is 0 Å². The third-order valence-electron chi connectivity index (χ3n) is 5.40. The number of amides is 1. The van der Waals surface area contributed by atoms with E-state index in [1.165, 1.54) is 0 Å². The minimum absolute atomic E-state index is 0.0223. The summed E-state index contributed by atoms with van der Waals surface area (Å²) in [4.78, 5) is 28.0. The van der Waals surface area contributed by atoms with Crippen molar-refractivity contribution in [3.63, 3.8) is 0 Å². The standard InChI is InChI=1S/C24H23NO2/c1-17-7-4-10-19(15-17)24(27)25-14-6-11-20(16-25)23(26)22-13-5-9-18-8-2-3-12-21(18)22/h2-5,7-10,12-13,15,20H,6,11,14,16H2,1H3. The van der Waals surface area contributed by atoms with E-state index in [9.17, 15) is 9.59 Å². The molecule has 0 spiro atoms. The third kappa shape index (κ3) is 3.50. The molecule has 0 bridgehead atoms. The van der Waals surface area contributed by atoms with Crippen molar-refractivity contribution in [1.82, 2.24) is 4.90 Å². The fourth-order valence-electron chi connectivity index (χ4n) is 4.00. The SMILES string of the molecule is Cc1cccc(C(=O)N2CCCC(C(=O)c3cccc4ccccc34)C2)c1. The zero-order valence-electron chi connectivity index (χ0n) is 15.5. The molecular weight excluding hydrogens is 334 g/mol. The van der Waals surface area contributed by atoms with Gasteiger partial charge in [-0.25, -0.2) is 0 Å². The predicted octanol–water partition coefficient (Wildman–Crippen LogP) is 4.88. The summed E-state index contributed by atoms with van der Waals surface area (Å²) in [7, 11) is 0. The zero-order chi connectivity index (χ0) is 18.8. The van der Waals surface area contributed by atoms with Gasteiger partial charge >= 0.3 is 0 Å². The van der Waals surface area contributed by atoms with E-state index in [1.807, 2.05) is 78.6 Å². The average molecular weight is 357 g/mol. The Morgan fingerprint density at radius 1 is 0.963 bits per heavy atom. The number of hydrogen-bond donors (Lipinski definition) is 0. The molecule has 1 saturated heterocycles. The number of carbonyl (C=O) groups excluding carboxylic acids is 2. The molecule has 1 amide bonds. The number of benzene rings is 3. The summed E-state index contributed by atoms with van der Waals surface area (Å²) in [6.07, 6.45) is 1.69. The van der Waals surface area contributed by atoms with Gasteiger partial charge in [-0.15, -0.1) is 0 Å². The second-order valence-corrected chi connectivity index (χ2v) is 7.35. The minimum atomic E-state index is -0.140. The summed E-state index contributed by atoms with van der Waals surface area (Å²) < 4.78 is 0. The number of aryl methyl sites for hydroxylation is 1. The first-order valence-electron chi connectivity index (χ1n) is 9.51. The van der Waals surface area contributed by atoms with E-state index in [1.54, 1.807) is 0 Å². The highest BCUT2D eigenvalue weighted by Crippen LogP contribution is 2.26. The van der Waals surface area contributed by atoms with Crippen LogP contribution in [0.5, 0.6) is 0 Å². The molecule has 1 heterocycles. The molecule has 136 valence electrons. The van der Waals surface area contributed by atoms with E-state index in [-0.39, 0.29) is 17.6 Å². The number of Topliss-reactive ketones (excluding diaryl/α,β-unsaturated/α-hetero) is 1. The van der Waals surface area contributed by atoms with Crippen molar-refractivity contribution in [2.75, 3.05) is 13.1 Å².